The third kappa shape index (κ3) is 7.00. The molecule has 1 fully saturated rings. The average molecular weight is 507 g/mol. The minimum atomic E-state index is 0. The standard InChI is InChI=1S/C25H28ClN5.2ClH/c1-16-6-13-21-20(14-16)24(30-22-4-2-3-5-23(22)31-25(27)28)15-19(29-21)12-9-17-7-10-18(26)11-8-17;;/h6-15,22-23H,2-5H2,1H3,(H,29,30)(H4,27,28,31);2*1H/t22-,23+;;/m0../s1. The molecule has 8 heteroatoms. The molecule has 1 aliphatic rings. The van der Waals surface area contributed by atoms with Gasteiger partial charge in [-0.05, 0) is 61.7 Å². The Balaban J connectivity index is 0.00000193. The van der Waals surface area contributed by atoms with E-state index in [-0.39, 0.29) is 42.9 Å². The second kappa shape index (κ2) is 12.1. The molecule has 0 amide bonds. The van der Waals surface area contributed by atoms with Gasteiger partial charge in [0.2, 0.25) is 0 Å². The van der Waals surface area contributed by atoms with Crippen molar-refractivity contribution in [3.8, 4) is 0 Å². The summed E-state index contributed by atoms with van der Waals surface area (Å²) in [6.07, 6.45) is 8.43. The van der Waals surface area contributed by atoms with Crippen LogP contribution in [0.5, 0.6) is 0 Å². The number of rotatable bonds is 5. The van der Waals surface area contributed by atoms with Crippen molar-refractivity contribution >= 4 is 71.1 Å². The Morgan fingerprint density at radius 1 is 1.03 bits per heavy atom. The molecule has 0 bridgehead atoms. The Morgan fingerprint density at radius 2 is 1.73 bits per heavy atom. The summed E-state index contributed by atoms with van der Waals surface area (Å²) in [5.41, 5.74) is 10.8. The first-order valence-electron chi connectivity index (χ1n) is 10.7. The fourth-order valence-electron chi connectivity index (χ4n) is 4.20. The second-order valence-corrected chi connectivity index (χ2v) is 8.64. The van der Waals surface area contributed by atoms with E-state index in [1.54, 1.807) is 0 Å². The largest absolute Gasteiger partial charge is 0.380 e. The fourth-order valence-corrected chi connectivity index (χ4v) is 4.32. The highest BCUT2D eigenvalue weighted by Gasteiger charge is 2.26. The quantitative estimate of drug-likeness (QED) is 0.238. The van der Waals surface area contributed by atoms with Crippen molar-refractivity contribution in [3.05, 3.63) is 70.4 Å². The zero-order valence-electron chi connectivity index (χ0n) is 18.5. The van der Waals surface area contributed by atoms with E-state index < -0.39 is 0 Å². The molecule has 1 aromatic heterocycles. The molecule has 1 aliphatic carbocycles. The van der Waals surface area contributed by atoms with Crippen LogP contribution >= 0.6 is 36.4 Å². The number of hydrogen-bond acceptors (Lipinski definition) is 3. The van der Waals surface area contributed by atoms with Gasteiger partial charge < -0.3 is 16.4 Å². The average Bonchev–Trinajstić information content (AvgIpc) is 2.75. The topological polar surface area (TPSA) is 86.8 Å². The Kier molecular flexibility index (Phi) is 9.84. The predicted octanol–water partition coefficient (Wildman–Crippen LogP) is 6.42. The fraction of sp³-hybridized carbons (Fsp3) is 0.280. The summed E-state index contributed by atoms with van der Waals surface area (Å²) >= 11 is 5.99. The molecule has 4 rings (SSSR count). The van der Waals surface area contributed by atoms with E-state index in [0.717, 1.165) is 52.1 Å². The first-order chi connectivity index (χ1) is 15.0. The Bertz CT molecular complexity index is 1110. The third-order valence-electron chi connectivity index (χ3n) is 5.75. The number of benzene rings is 2. The highest BCUT2D eigenvalue weighted by molar-refractivity contribution is 6.30. The summed E-state index contributed by atoms with van der Waals surface area (Å²) in [7, 11) is 0. The molecule has 0 saturated heterocycles. The van der Waals surface area contributed by atoms with Crippen LogP contribution in [0.2, 0.25) is 5.02 Å². The molecule has 33 heavy (non-hydrogen) atoms. The lowest BCUT2D eigenvalue weighted by atomic mass is 9.90. The number of nitrogens with one attached hydrogen (secondary N) is 3. The molecule has 1 heterocycles. The van der Waals surface area contributed by atoms with Gasteiger partial charge in [0.25, 0.3) is 0 Å². The number of hydrogen-bond donors (Lipinski definition) is 4. The second-order valence-electron chi connectivity index (χ2n) is 8.20. The van der Waals surface area contributed by atoms with Gasteiger partial charge >= 0.3 is 0 Å². The number of pyridine rings is 1. The lowest BCUT2D eigenvalue weighted by Gasteiger charge is -2.34. The molecule has 0 aliphatic heterocycles. The summed E-state index contributed by atoms with van der Waals surface area (Å²) in [5.74, 6) is 0.0284. The Morgan fingerprint density at radius 3 is 2.42 bits per heavy atom. The van der Waals surface area contributed by atoms with Crippen LogP contribution in [0, 0.1) is 12.3 Å². The number of nitrogens with two attached hydrogens (primary N) is 1. The molecule has 2 aromatic carbocycles. The van der Waals surface area contributed by atoms with Crippen LogP contribution in [0.25, 0.3) is 23.1 Å². The monoisotopic (exact) mass is 505 g/mol. The Hall–Kier alpha value is -2.47. The highest BCUT2D eigenvalue weighted by atomic mass is 35.5. The van der Waals surface area contributed by atoms with Crippen molar-refractivity contribution in [1.82, 2.24) is 10.3 Å². The first kappa shape index (κ1) is 26.8. The van der Waals surface area contributed by atoms with Gasteiger partial charge in [-0.3, -0.25) is 5.41 Å². The van der Waals surface area contributed by atoms with E-state index in [1.807, 2.05) is 36.4 Å². The van der Waals surface area contributed by atoms with Crippen molar-refractivity contribution in [2.45, 2.75) is 44.7 Å². The number of guanidine groups is 1. The van der Waals surface area contributed by atoms with Crippen LogP contribution in [0.4, 0.5) is 5.69 Å². The summed E-state index contributed by atoms with van der Waals surface area (Å²) in [5, 5.41) is 16.4. The molecule has 3 aromatic rings. The van der Waals surface area contributed by atoms with Crippen LogP contribution in [0.15, 0.2) is 48.5 Å². The number of halogens is 3. The maximum absolute atomic E-state index is 7.65. The lowest BCUT2D eigenvalue weighted by molar-refractivity contribution is 0.377. The van der Waals surface area contributed by atoms with E-state index >= 15 is 0 Å². The van der Waals surface area contributed by atoms with Gasteiger partial charge in [0.15, 0.2) is 5.96 Å². The predicted molar refractivity (Wildman–Crippen MR) is 146 cm³/mol. The number of fused-ring (bicyclic) bond motifs is 1. The number of nitrogens with zero attached hydrogens (tertiary/aromatic N) is 1. The number of aryl methyl sites for hydroxylation is 1. The number of aromatic nitrogens is 1. The molecule has 0 radical (unpaired) electrons. The first-order valence-corrected chi connectivity index (χ1v) is 11.1. The SMILES string of the molecule is Cc1ccc2nc(C=Cc3ccc(Cl)cc3)cc(N[C@H]3CCCC[C@H]3NC(=N)N)c2c1.Cl.Cl. The van der Waals surface area contributed by atoms with Crippen LogP contribution in [-0.2, 0) is 0 Å². The van der Waals surface area contributed by atoms with E-state index in [4.69, 9.17) is 27.7 Å². The summed E-state index contributed by atoms with van der Waals surface area (Å²) in [6.45, 7) is 2.10. The molecular weight excluding hydrogens is 477 g/mol. The van der Waals surface area contributed by atoms with Gasteiger partial charge in [-0.2, -0.15) is 0 Å². The van der Waals surface area contributed by atoms with Gasteiger partial charge in [0.05, 0.1) is 11.2 Å². The van der Waals surface area contributed by atoms with Crippen LogP contribution in [0.1, 0.15) is 42.5 Å². The van der Waals surface area contributed by atoms with E-state index in [1.165, 1.54) is 12.0 Å². The molecule has 0 unspecified atom stereocenters. The number of anilines is 1. The van der Waals surface area contributed by atoms with E-state index in [9.17, 15) is 0 Å². The minimum Gasteiger partial charge on any atom is -0.380 e. The lowest BCUT2D eigenvalue weighted by Crippen LogP contribution is -2.50. The molecule has 5 N–H and O–H groups in total. The molecule has 2 atom stereocenters. The van der Waals surface area contributed by atoms with Crippen LogP contribution < -0.4 is 16.4 Å². The molecule has 176 valence electrons. The van der Waals surface area contributed by atoms with Gasteiger partial charge in [0, 0.05) is 28.2 Å². The molecule has 0 spiro atoms. The maximum Gasteiger partial charge on any atom is 0.185 e. The highest BCUT2D eigenvalue weighted by Crippen LogP contribution is 2.29. The normalized spacial score (nSPS) is 17.8. The zero-order valence-corrected chi connectivity index (χ0v) is 20.9. The van der Waals surface area contributed by atoms with Crippen molar-refractivity contribution in [3.63, 3.8) is 0 Å². The van der Waals surface area contributed by atoms with Gasteiger partial charge in [-0.15, -0.1) is 24.8 Å². The van der Waals surface area contributed by atoms with Crippen LogP contribution in [-0.4, -0.2) is 23.0 Å². The Labute approximate surface area is 212 Å². The summed E-state index contributed by atoms with van der Waals surface area (Å²) in [4.78, 5) is 4.85. The van der Waals surface area contributed by atoms with Gasteiger partial charge in [-0.25, -0.2) is 4.98 Å². The van der Waals surface area contributed by atoms with Crippen molar-refractivity contribution < 1.29 is 0 Å². The van der Waals surface area contributed by atoms with Crippen molar-refractivity contribution in [2.24, 2.45) is 5.73 Å². The molecular formula is C25H30Cl3N5. The third-order valence-corrected chi connectivity index (χ3v) is 6.00. The minimum absolute atomic E-state index is 0. The summed E-state index contributed by atoms with van der Waals surface area (Å²) < 4.78 is 0. The zero-order chi connectivity index (χ0) is 21.8. The van der Waals surface area contributed by atoms with E-state index in [0.29, 0.717) is 0 Å². The maximum atomic E-state index is 7.65. The van der Waals surface area contributed by atoms with E-state index in [2.05, 4.69) is 41.8 Å². The van der Waals surface area contributed by atoms with Crippen molar-refractivity contribution in [1.29, 1.82) is 5.41 Å². The molecule has 1 saturated carbocycles. The van der Waals surface area contributed by atoms with Gasteiger partial charge in [-0.1, -0.05) is 54.3 Å². The summed E-state index contributed by atoms with van der Waals surface area (Å²) in [6, 6.07) is 16.5. The van der Waals surface area contributed by atoms with Crippen molar-refractivity contribution in [2.75, 3.05) is 5.32 Å². The molecule has 5 nitrogen and oxygen atoms in total. The van der Waals surface area contributed by atoms with Gasteiger partial charge in [0.1, 0.15) is 0 Å². The smallest absolute Gasteiger partial charge is 0.185 e. The van der Waals surface area contributed by atoms with Crippen LogP contribution in [0.3, 0.4) is 0 Å².